The Morgan fingerprint density at radius 2 is 1.81 bits per heavy atom. The van der Waals surface area contributed by atoms with Gasteiger partial charge < -0.3 is 20.5 Å². The first-order valence-corrected chi connectivity index (χ1v) is 6.33. The third-order valence-electron chi connectivity index (χ3n) is 2.83. The molecule has 3 rings (SSSR count). The summed E-state index contributed by atoms with van der Waals surface area (Å²) in [5.41, 5.74) is 7.31. The van der Waals surface area contributed by atoms with Crippen LogP contribution in [0.2, 0.25) is 5.02 Å². The lowest BCUT2D eigenvalue weighted by molar-refractivity contribution is 0.404. The highest BCUT2D eigenvalue weighted by molar-refractivity contribution is 6.31. The standard InChI is InChI=1S/C14H10ClN3O3/c15-9-3-8(4-10(16)6-9)14-17-13(18-21-14)7-1-2-11(19)12(20)5-7/h1-6,19-20H,16H2. The molecule has 0 aliphatic rings. The molecule has 6 nitrogen and oxygen atoms in total. The number of hydrogen-bond acceptors (Lipinski definition) is 6. The first kappa shape index (κ1) is 13.3. The van der Waals surface area contributed by atoms with E-state index >= 15 is 0 Å². The maximum atomic E-state index is 9.49. The van der Waals surface area contributed by atoms with Crippen LogP contribution in [0.1, 0.15) is 0 Å². The number of phenolic OH excluding ortho intramolecular Hbond substituents is 2. The normalized spacial score (nSPS) is 10.7. The molecule has 7 heteroatoms. The van der Waals surface area contributed by atoms with Gasteiger partial charge in [-0.25, -0.2) is 0 Å². The lowest BCUT2D eigenvalue weighted by Gasteiger charge is -1.99. The van der Waals surface area contributed by atoms with Crippen molar-refractivity contribution in [3.05, 3.63) is 41.4 Å². The number of nitrogens with zero attached hydrogens (tertiary/aromatic N) is 2. The van der Waals surface area contributed by atoms with Gasteiger partial charge in [0.2, 0.25) is 5.82 Å². The van der Waals surface area contributed by atoms with E-state index in [9.17, 15) is 10.2 Å². The summed E-state index contributed by atoms with van der Waals surface area (Å²) in [5.74, 6) is 0.0570. The summed E-state index contributed by atoms with van der Waals surface area (Å²) in [7, 11) is 0. The number of phenols is 2. The highest BCUT2D eigenvalue weighted by atomic mass is 35.5. The fourth-order valence-electron chi connectivity index (χ4n) is 1.86. The second-order valence-electron chi connectivity index (χ2n) is 4.40. The molecule has 0 aliphatic carbocycles. The fraction of sp³-hybridized carbons (Fsp3) is 0. The summed E-state index contributed by atoms with van der Waals surface area (Å²) in [6, 6.07) is 9.19. The van der Waals surface area contributed by atoms with Gasteiger partial charge in [-0.2, -0.15) is 4.98 Å². The number of aromatic nitrogens is 2. The van der Waals surface area contributed by atoms with Gasteiger partial charge in [0.25, 0.3) is 5.89 Å². The van der Waals surface area contributed by atoms with E-state index < -0.39 is 0 Å². The van der Waals surface area contributed by atoms with Crippen molar-refractivity contribution in [3.8, 4) is 34.3 Å². The smallest absolute Gasteiger partial charge is 0.258 e. The van der Waals surface area contributed by atoms with E-state index in [0.717, 1.165) is 0 Å². The van der Waals surface area contributed by atoms with Gasteiger partial charge in [0.1, 0.15) is 0 Å². The molecule has 0 bridgehead atoms. The van der Waals surface area contributed by atoms with Crippen LogP contribution in [-0.4, -0.2) is 20.4 Å². The first-order chi connectivity index (χ1) is 10.0. The van der Waals surface area contributed by atoms with Crippen LogP contribution in [0.4, 0.5) is 5.69 Å². The quantitative estimate of drug-likeness (QED) is 0.496. The molecule has 0 radical (unpaired) electrons. The van der Waals surface area contributed by atoms with Crippen molar-refractivity contribution in [1.82, 2.24) is 10.1 Å². The van der Waals surface area contributed by atoms with E-state index in [-0.39, 0.29) is 23.2 Å². The van der Waals surface area contributed by atoms with Crippen molar-refractivity contribution in [2.75, 3.05) is 5.73 Å². The van der Waals surface area contributed by atoms with Gasteiger partial charge in [0.05, 0.1) is 0 Å². The maximum absolute atomic E-state index is 9.49. The van der Waals surface area contributed by atoms with Crippen LogP contribution in [0.3, 0.4) is 0 Å². The van der Waals surface area contributed by atoms with Crippen LogP contribution in [0.25, 0.3) is 22.8 Å². The number of halogens is 1. The number of nitrogen functional groups attached to an aromatic ring is 1. The summed E-state index contributed by atoms with van der Waals surface area (Å²) >= 11 is 5.93. The van der Waals surface area contributed by atoms with E-state index in [4.69, 9.17) is 21.9 Å². The van der Waals surface area contributed by atoms with Crippen molar-refractivity contribution in [3.63, 3.8) is 0 Å². The molecule has 3 aromatic rings. The third-order valence-corrected chi connectivity index (χ3v) is 3.04. The molecular weight excluding hydrogens is 294 g/mol. The summed E-state index contributed by atoms with van der Waals surface area (Å²) in [6.45, 7) is 0. The van der Waals surface area contributed by atoms with Crippen LogP contribution in [0.5, 0.6) is 11.5 Å². The number of nitrogens with two attached hydrogens (primary N) is 1. The minimum atomic E-state index is -0.258. The second kappa shape index (κ2) is 4.99. The molecule has 0 amide bonds. The van der Waals surface area contributed by atoms with Crippen molar-refractivity contribution in [2.45, 2.75) is 0 Å². The fourth-order valence-corrected chi connectivity index (χ4v) is 2.10. The Labute approximate surface area is 124 Å². The molecule has 0 saturated carbocycles. The Balaban J connectivity index is 2.01. The largest absolute Gasteiger partial charge is 0.504 e. The maximum Gasteiger partial charge on any atom is 0.258 e. The molecule has 0 atom stereocenters. The number of hydrogen-bond donors (Lipinski definition) is 3. The summed E-state index contributed by atoms with van der Waals surface area (Å²) < 4.78 is 5.17. The predicted molar refractivity (Wildman–Crippen MR) is 77.9 cm³/mol. The molecule has 1 heterocycles. The van der Waals surface area contributed by atoms with Gasteiger partial charge in [0.15, 0.2) is 11.5 Å². The van der Waals surface area contributed by atoms with Crippen molar-refractivity contribution in [2.24, 2.45) is 0 Å². The molecule has 0 saturated heterocycles. The van der Waals surface area contributed by atoms with E-state index in [2.05, 4.69) is 10.1 Å². The van der Waals surface area contributed by atoms with Gasteiger partial charge >= 0.3 is 0 Å². The van der Waals surface area contributed by atoms with Crippen LogP contribution < -0.4 is 5.73 Å². The highest BCUT2D eigenvalue weighted by Crippen LogP contribution is 2.31. The zero-order valence-electron chi connectivity index (χ0n) is 10.6. The van der Waals surface area contributed by atoms with Crippen molar-refractivity contribution < 1.29 is 14.7 Å². The Morgan fingerprint density at radius 1 is 1.00 bits per heavy atom. The monoisotopic (exact) mass is 303 g/mol. The summed E-state index contributed by atoms with van der Waals surface area (Å²) in [4.78, 5) is 4.22. The molecule has 106 valence electrons. The van der Waals surface area contributed by atoms with Gasteiger partial charge in [-0.3, -0.25) is 0 Å². The minimum absolute atomic E-state index is 0.218. The first-order valence-electron chi connectivity index (χ1n) is 5.95. The molecule has 4 N–H and O–H groups in total. The van der Waals surface area contributed by atoms with E-state index in [1.54, 1.807) is 24.3 Å². The SMILES string of the molecule is Nc1cc(Cl)cc(-c2nc(-c3ccc(O)c(O)c3)no2)c1. The molecule has 1 aromatic heterocycles. The summed E-state index contributed by atoms with van der Waals surface area (Å²) in [5, 5.41) is 23.1. The average Bonchev–Trinajstić information content (AvgIpc) is 2.90. The van der Waals surface area contributed by atoms with Gasteiger partial charge in [-0.15, -0.1) is 0 Å². The minimum Gasteiger partial charge on any atom is -0.504 e. The average molecular weight is 304 g/mol. The number of anilines is 1. The van der Waals surface area contributed by atoms with Crippen LogP contribution in [-0.2, 0) is 0 Å². The van der Waals surface area contributed by atoms with Crippen LogP contribution >= 0.6 is 11.6 Å². The lowest BCUT2D eigenvalue weighted by atomic mass is 10.2. The Hall–Kier alpha value is -2.73. The van der Waals surface area contributed by atoms with Crippen molar-refractivity contribution >= 4 is 17.3 Å². The number of aromatic hydroxyl groups is 2. The second-order valence-corrected chi connectivity index (χ2v) is 4.84. The molecular formula is C14H10ClN3O3. The topological polar surface area (TPSA) is 105 Å². The Kier molecular flexibility index (Phi) is 3.15. The zero-order chi connectivity index (χ0) is 15.0. The van der Waals surface area contributed by atoms with Gasteiger partial charge in [-0.1, -0.05) is 16.8 Å². The van der Waals surface area contributed by atoms with E-state index in [0.29, 0.717) is 21.8 Å². The zero-order valence-corrected chi connectivity index (χ0v) is 11.4. The number of benzene rings is 2. The summed E-state index contributed by atoms with van der Waals surface area (Å²) in [6.07, 6.45) is 0. The Morgan fingerprint density at radius 3 is 2.52 bits per heavy atom. The molecule has 0 unspecified atom stereocenters. The number of rotatable bonds is 2. The molecule has 0 fully saturated rings. The van der Waals surface area contributed by atoms with E-state index in [1.165, 1.54) is 12.1 Å². The van der Waals surface area contributed by atoms with E-state index in [1.807, 2.05) is 0 Å². The lowest BCUT2D eigenvalue weighted by Crippen LogP contribution is -1.86. The third kappa shape index (κ3) is 2.61. The molecule has 2 aromatic carbocycles. The van der Waals surface area contributed by atoms with Crippen molar-refractivity contribution in [1.29, 1.82) is 0 Å². The van der Waals surface area contributed by atoms with Gasteiger partial charge in [-0.05, 0) is 36.4 Å². The highest BCUT2D eigenvalue weighted by Gasteiger charge is 2.13. The predicted octanol–water partition coefficient (Wildman–Crippen LogP) is 3.05. The molecule has 0 spiro atoms. The molecule has 0 aliphatic heterocycles. The van der Waals surface area contributed by atoms with Crippen LogP contribution in [0.15, 0.2) is 40.9 Å². The Bertz CT molecular complexity index is 797. The van der Waals surface area contributed by atoms with Crippen LogP contribution in [0, 0.1) is 0 Å². The van der Waals surface area contributed by atoms with Gasteiger partial charge in [0, 0.05) is 21.8 Å². The molecule has 21 heavy (non-hydrogen) atoms.